The molecule has 0 aromatic heterocycles. The molecule has 0 radical (unpaired) electrons. The fourth-order valence-corrected chi connectivity index (χ4v) is 6.33. The lowest BCUT2D eigenvalue weighted by atomic mass is 9.97. The molecular weight excluding hydrogens is 514 g/mol. The first-order valence-electron chi connectivity index (χ1n) is 13.2. The lowest BCUT2D eigenvalue weighted by Crippen LogP contribution is -2.40. The SMILES string of the molecule is CCOC(=O)[C@H]1CCCN(c2ccc(NC(=O)c3ccccc3C)cc2S(=O)(=O)N[C@H](C)c2ccccc2)C1. The van der Waals surface area contributed by atoms with E-state index in [1.165, 1.54) is 6.07 Å². The number of amides is 1. The first-order chi connectivity index (χ1) is 18.7. The van der Waals surface area contributed by atoms with Crippen LogP contribution in [0, 0.1) is 12.8 Å². The summed E-state index contributed by atoms with van der Waals surface area (Å²) in [5.74, 6) is -0.939. The quantitative estimate of drug-likeness (QED) is 0.361. The Kier molecular flexibility index (Phi) is 9.04. The normalized spacial score (nSPS) is 16.4. The van der Waals surface area contributed by atoms with Crippen LogP contribution in [0.2, 0.25) is 0 Å². The summed E-state index contributed by atoms with van der Waals surface area (Å²) in [6.07, 6.45) is 1.41. The van der Waals surface area contributed by atoms with Gasteiger partial charge in [0.1, 0.15) is 4.90 Å². The maximum Gasteiger partial charge on any atom is 0.310 e. The highest BCUT2D eigenvalue weighted by Crippen LogP contribution is 2.33. The minimum atomic E-state index is -4.03. The third-order valence-corrected chi connectivity index (χ3v) is 8.48. The number of nitrogens with one attached hydrogen (secondary N) is 2. The van der Waals surface area contributed by atoms with Crippen molar-refractivity contribution in [3.8, 4) is 0 Å². The number of benzene rings is 3. The van der Waals surface area contributed by atoms with E-state index in [9.17, 15) is 18.0 Å². The van der Waals surface area contributed by atoms with Crippen LogP contribution in [0.1, 0.15) is 54.2 Å². The van der Waals surface area contributed by atoms with Gasteiger partial charge in [0, 0.05) is 30.4 Å². The van der Waals surface area contributed by atoms with E-state index in [1.54, 1.807) is 38.1 Å². The Morgan fingerprint density at radius 2 is 1.77 bits per heavy atom. The molecule has 8 nitrogen and oxygen atoms in total. The van der Waals surface area contributed by atoms with Gasteiger partial charge in [0.05, 0.1) is 18.2 Å². The number of carbonyl (C=O) groups is 2. The van der Waals surface area contributed by atoms with E-state index in [-0.39, 0.29) is 22.7 Å². The summed E-state index contributed by atoms with van der Waals surface area (Å²) in [5, 5.41) is 2.85. The predicted octanol–water partition coefficient (Wildman–Crippen LogP) is 5.07. The molecule has 4 rings (SSSR count). The molecule has 2 atom stereocenters. The van der Waals surface area contributed by atoms with E-state index in [0.717, 1.165) is 17.5 Å². The number of esters is 1. The number of sulfonamides is 1. The molecule has 1 fully saturated rings. The Labute approximate surface area is 230 Å². The van der Waals surface area contributed by atoms with Gasteiger partial charge in [0.15, 0.2) is 0 Å². The number of nitrogens with zero attached hydrogens (tertiary/aromatic N) is 1. The van der Waals surface area contributed by atoms with Crippen LogP contribution in [0.4, 0.5) is 11.4 Å². The molecule has 1 heterocycles. The predicted molar refractivity (Wildman–Crippen MR) is 152 cm³/mol. The van der Waals surface area contributed by atoms with Crippen LogP contribution in [0.3, 0.4) is 0 Å². The summed E-state index contributed by atoms with van der Waals surface area (Å²) in [6.45, 7) is 6.65. The fraction of sp³-hybridized carbons (Fsp3) is 0.333. The number of ether oxygens (including phenoxy) is 1. The van der Waals surface area contributed by atoms with Crippen molar-refractivity contribution < 1.29 is 22.7 Å². The molecule has 9 heteroatoms. The molecule has 3 aromatic rings. The largest absolute Gasteiger partial charge is 0.466 e. The van der Waals surface area contributed by atoms with Gasteiger partial charge in [-0.1, -0.05) is 48.5 Å². The second kappa shape index (κ2) is 12.4. The van der Waals surface area contributed by atoms with Crippen LogP contribution in [0.5, 0.6) is 0 Å². The van der Waals surface area contributed by atoms with Gasteiger partial charge in [-0.2, -0.15) is 0 Å². The zero-order chi connectivity index (χ0) is 28.0. The molecule has 1 aliphatic rings. The zero-order valence-electron chi connectivity index (χ0n) is 22.5. The van der Waals surface area contributed by atoms with E-state index in [0.29, 0.717) is 43.1 Å². The van der Waals surface area contributed by atoms with Gasteiger partial charge >= 0.3 is 5.97 Å². The van der Waals surface area contributed by atoms with Crippen molar-refractivity contribution in [2.24, 2.45) is 5.92 Å². The van der Waals surface area contributed by atoms with Crippen molar-refractivity contribution in [2.45, 2.75) is 44.6 Å². The highest BCUT2D eigenvalue weighted by molar-refractivity contribution is 7.89. The number of rotatable bonds is 9. The fourth-order valence-electron chi connectivity index (χ4n) is 4.85. The van der Waals surface area contributed by atoms with Crippen molar-refractivity contribution in [2.75, 3.05) is 29.9 Å². The molecule has 0 saturated carbocycles. The minimum Gasteiger partial charge on any atom is -0.466 e. The molecule has 1 amide bonds. The second-order valence-electron chi connectivity index (χ2n) is 9.74. The van der Waals surface area contributed by atoms with Crippen LogP contribution < -0.4 is 14.9 Å². The summed E-state index contributed by atoms with van der Waals surface area (Å²) in [5.41, 5.74) is 2.99. The molecule has 2 N–H and O–H groups in total. The van der Waals surface area contributed by atoms with Crippen LogP contribution in [-0.2, 0) is 19.6 Å². The van der Waals surface area contributed by atoms with E-state index < -0.39 is 16.1 Å². The van der Waals surface area contributed by atoms with Crippen LogP contribution in [0.15, 0.2) is 77.7 Å². The Balaban J connectivity index is 1.69. The zero-order valence-corrected chi connectivity index (χ0v) is 23.3. The van der Waals surface area contributed by atoms with Crippen molar-refractivity contribution in [1.82, 2.24) is 4.72 Å². The lowest BCUT2D eigenvalue weighted by Gasteiger charge is -2.34. The topological polar surface area (TPSA) is 105 Å². The molecule has 0 unspecified atom stereocenters. The molecule has 39 heavy (non-hydrogen) atoms. The van der Waals surface area contributed by atoms with Gasteiger partial charge in [-0.15, -0.1) is 0 Å². The van der Waals surface area contributed by atoms with Crippen LogP contribution in [0.25, 0.3) is 0 Å². The first-order valence-corrected chi connectivity index (χ1v) is 14.7. The summed E-state index contributed by atoms with van der Waals surface area (Å²) < 4.78 is 35.7. The van der Waals surface area contributed by atoms with Crippen molar-refractivity contribution in [1.29, 1.82) is 0 Å². The number of anilines is 2. The van der Waals surface area contributed by atoms with Gasteiger partial charge in [-0.05, 0) is 69.0 Å². The summed E-state index contributed by atoms with van der Waals surface area (Å²) in [6, 6.07) is 20.9. The summed E-state index contributed by atoms with van der Waals surface area (Å²) in [7, 11) is -4.03. The van der Waals surface area contributed by atoms with Crippen molar-refractivity contribution >= 4 is 33.3 Å². The Bertz CT molecular complexity index is 1430. The molecule has 1 saturated heterocycles. The number of hydrogen-bond acceptors (Lipinski definition) is 6. The number of piperidine rings is 1. The minimum absolute atomic E-state index is 0.0392. The molecule has 206 valence electrons. The maximum atomic E-state index is 13.8. The van der Waals surface area contributed by atoms with E-state index in [1.807, 2.05) is 54.3 Å². The Morgan fingerprint density at radius 3 is 2.49 bits per heavy atom. The molecule has 0 spiro atoms. The lowest BCUT2D eigenvalue weighted by molar-refractivity contribution is -0.148. The number of carbonyl (C=O) groups excluding carboxylic acids is 2. The maximum absolute atomic E-state index is 13.8. The van der Waals surface area contributed by atoms with E-state index in [4.69, 9.17) is 4.74 Å². The molecular formula is C30H35N3O5S. The van der Waals surface area contributed by atoms with Gasteiger partial charge < -0.3 is 15.0 Å². The van der Waals surface area contributed by atoms with E-state index in [2.05, 4.69) is 10.0 Å². The molecule has 0 aliphatic carbocycles. The van der Waals surface area contributed by atoms with Gasteiger partial charge in [-0.3, -0.25) is 9.59 Å². The Hall–Kier alpha value is -3.69. The van der Waals surface area contributed by atoms with Crippen LogP contribution >= 0.6 is 0 Å². The monoisotopic (exact) mass is 549 g/mol. The summed E-state index contributed by atoms with van der Waals surface area (Å²) in [4.78, 5) is 27.4. The van der Waals surface area contributed by atoms with Gasteiger partial charge in [0.25, 0.3) is 5.91 Å². The van der Waals surface area contributed by atoms with E-state index >= 15 is 0 Å². The van der Waals surface area contributed by atoms with Crippen molar-refractivity contribution in [3.05, 3.63) is 89.5 Å². The van der Waals surface area contributed by atoms with Gasteiger partial charge in [-0.25, -0.2) is 13.1 Å². The molecule has 3 aromatic carbocycles. The third-order valence-electron chi connectivity index (χ3n) is 6.91. The third kappa shape index (κ3) is 6.85. The molecule has 0 bridgehead atoms. The summed E-state index contributed by atoms with van der Waals surface area (Å²) >= 11 is 0. The highest BCUT2D eigenvalue weighted by Gasteiger charge is 2.31. The second-order valence-corrected chi connectivity index (χ2v) is 11.4. The smallest absolute Gasteiger partial charge is 0.310 e. The first kappa shape index (κ1) is 28.3. The highest BCUT2D eigenvalue weighted by atomic mass is 32.2. The van der Waals surface area contributed by atoms with Crippen molar-refractivity contribution in [3.63, 3.8) is 0 Å². The van der Waals surface area contributed by atoms with Crippen LogP contribution in [-0.4, -0.2) is 40.0 Å². The molecule has 1 aliphatic heterocycles. The number of aryl methyl sites for hydroxylation is 1. The average Bonchev–Trinajstić information content (AvgIpc) is 2.93. The number of hydrogen-bond donors (Lipinski definition) is 2. The standard InChI is InChI=1S/C30H35N3O5S/c1-4-38-30(35)24-14-10-18-33(20-24)27-17-16-25(31-29(34)26-15-9-8-11-21(26)2)19-28(27)39(36,37)32-22(3)23-12-6-5-7-13-23/h5-9,11-13,15-17,19,22,24,32H,4,10,14,18,20H2,1-3H3,(H,31,34)/t22-,24+/m1/s1. The average molecular weight is 550 g/mol. The van der Waals surface area contributed by atoms with Gasteiger partial charge in [0.2, 0.25) is 10.0 Å². The Morgan fingerprint density at radius 1 is 1.05 bits per heavy atom.